The van der Waals surface area contributed by atoms with Crippen LogP contribution in [0.15, 0.2) is 18.2 Å². The lowest BCUT2D eigenvalue weighted by molar-refractivity contribution is 0.282. The van der Waals surface area contributed by atoms with Gasteiger partial charge in [-0.1, -0.05) is 42.3 Å². The van der Waals surface area contributed by atoms with E-state index in [0.717, 1.165) is 18.7 Å². The van der Waals surface area contributed by atoms with Crippen LogP contribution >= 0.6 is 23.2 Å². The molecule has 1 heterocycles. The molecule has 1 fully saturated rings. The summed E-state index contributed by atoms with van der Waals surface area (Å²) in [6.45, 7) is 7.82. The van der Waals surface area contributed by atoms with Gasteiger partial charge in [0.2, 0.25) is 0 Å². The lowest BCUT2D eigenvalue weighted by atomic mass is 10.1. The molecule has 1 N–H and O–H groups in total. The maximum atomic E-state index is 6.17. The standard InChI is InChI=1S/C15H22Cl2N2/c1-12(11-19-7-2-3-8-19)9-18-10-13-5-4-6-14(16)15(13)17/h4-6,12,18H,2-3,7-11H2,1H3. The van der Waals surface area contributed by atoms with Gasteiger partial charge in [0.25, 0.3) is 0 Å². The van der Waals surface area contributed by atoms with Gasteiger partial charge in [-0.2, -0.15) is 0 Å². The van der Waals surface area contributed by atoms with Gasteiger partial charge in [-0.05, 0) is 50.0 Å². The van der Waals surface area contributed by atoms with E-state index in [9.17, 15) is 0 Å². The molecule has 4 heteroatoms. The highest BCUT2D eigenvalue weighted by molar-refractivity contribution is 6.42. The highest BCUT2D eigenvalue weighted by atomic mass is 35.5. The van der Waals surface area contributed by atoms with Gasteiger partial charge in [0, 0.05) is 13.1 Å². The van der Waals surface area contributed by atoms with Gasteiger partial charge in [-0.25, -0.2) is 0 Å². The first kappa shape index (κ1) is 15.1. The van der Waals surface area contributed by atoms with Gasteiger partial charge in [-0.3, -0.25) is 0 Å². The number of nitrogens with one attached hydrogen (secondary N) is 1. The SMILES string of the molecule is CC(CNCc1cccc(Cl)c1Cl)CN1CCCC1. The van der Waals surface area contributed by atoms with Crippen molar-refractivity contribution in [1.29, 1.82) is 0 Å². The molecule has 1 saturated heterocycles. The quantitative estimate of drug-likeness (QED) is 0.859. The summed E-state index contributed by atoms with van der Waals surface area (Å²) >= 11 is 12.2. The zero-order valence-electron chi connectivity index (χ0n) is 11.5. The summed E-state index contributed by atoms with van der Waals surface area (Å²) in [6.07, 6.45) is 2.72. The van der Waals surface area contributed by atoms with Crippen molar-refractivity contribution < 1.29 is 0 Å². The Kier molecular flexibility index (Phi) is 5.96. The van der Waals surface area contributed by atoms with Crippen LogP contribution < -0.4 is 5.32 Å². The smallest absolute Gasteiger partial charge is 0.0637 e. The highest BCUT2D eigenvalue weighted by Crippen LogP contribution is 2.25. The Morgan fingerprint density at radius 1 is 1.26 bits per heavy atom. The molecule has 1 unspecified atom stereocenters. The summed E-state index contributed by atoms with van der Waals surface area (Å²) in [7, 11) is 0. The number of halogens is 2. The second kappa shape index (κ2) is 7.49. The average Bonchev–Trinajstić information content (AvgIpc) is 2.87. The number of nitrogens with zero attached hydrogens (tertiary/aromatic N) is 1. The van der Waals surface area contributed by atoms with E-state index in [-0.39, 0.29) is 0 Å². The normalized spacial score (nSPS) is 17.8. The molecule has 0 radical (unpaired) electrons. The third-order valence-electron chi connectivity index (χ3n) is 3.61. The second-order valence-corrected chi connectivity index (χ2v) is 6.24. The summed E-state index contributed by atoms with van der Waals surface area (Å²) in [5.41, 5.74) is 1.07. The van der Waals surface area contributed by atoms with E-state index in [1.165, 1.54) is 32.5 Å². The third-order valence-corrected chi connectivity index (χ3v) is 4.47. The summed E-state index contributed by atoms with van der Waals surface area (Å²) in [5.74, 6) is 0.663. The second-order valence-electron chi connectivity index (χ2n) is 5.46. The van der Waals surface area contributed by atoms with Crippen LogP contribution in [-0.2, 0) is 6.54 Å². The molecule has 1 aromatic carbocycles. The molecular formula is C15H22Cl2N2. The average molecular weight is 301 g/mol. The van der Waals surface area contributed by atoms with E-state index in [1.807, 2.05) is 18.2 Å². The fourth-order valence-electron chi connectivity index (χ4n) is 2.61. The summed E-state index contributed by atoms with van der Waals surface area (Å²) in [5, 5.41) is 4.77. The Morgan fingerprint density at radius 3 is 2.74 bits per heavy atom. The summed E-state index contributed by atoms with van der Waals surface area (Å²) in [4.78, 5) is 2.55. The minimum Gasteiger partial charge on any atom is -0.312 e. The fourth-order valence-corrected chi connectivity index (χ4v) is 3.00. The number of benzene rings is 1. The van der Waals surface area contributed by atoms with Crippen LogP contribution in [-0.4, -0.2) is 31.1 Å². The van der Waals surface area contributed by atoms with E-state index in [4.69, 9.17) is 23.2 Å². The van der Waals surface area contributed by atoms with Crippen molar-refractivity contribution in [3.05, 3.63) is 33.8 Å². The van der Waals surface area contributed by atoms with E-state index in [2.05, 4.69) is 17.1 Å². The van der Waals surface area contributed by atoms with Crippen LogP contribution in [0.25, 0.3) is 0 Å². The van der Waals surface area contributed by atoms with Crippen LogP contribution in [0.4, 0.5) is 0 Å². The fraction of sp³-hybridized carbons (Fsp3) is 0.600. The predicted molar refractivity (Wildman–Crippen MR) is 83.0 cm³/mol. The third kappa shape index (κ3) is 4.64. The van der Waals surface area contributed by atoms with E-state index in [1.54, 1.807) is 0 Å². The molecule has 2 nitrogen and oxygen atoms in total. The molecule has 1 atom stereocenters. The van der Waals surface area contributed by atoms with E-state index in [0.29, 0.717) is 16.0 Å². The Hall–Kier alpha value is -0.280. The van der Waals surface area contributed by atoms with Gasteiger partial charge in [0.05, 0.1) is 10.0 Å². The van der Waals surface area contributed by atoms with Gasteiger partial charge >= 0.3 is 0 Å². The predicted octanol–water partition coefficient (Wildman–Crippen LogP) is 3.81. The van der Waals surface area contributed by atoms with Crippen molar-refractivity contribution in [3.8, 4) is 0 Å². The number of hydrogen-bond donors (Lipinski definition) is 1. The van der Waals surface area contributed by atoms with Crippen molar-refractivity contribution in [2.45, 2.75) is 26.3 Å². The van der Waals surface area contributed by atoms with Gasteiger partial charge < -0.3 is 10.2 Å². The maximum absolute atomic E-state index is 6.17. The first-order valence-electron chi connectivity index (χ1n) is 7.03. The first-order valence-corrected chi connectivity index (χ1v) is 7.78. The van der Waals surface area contributed by atoms with E-state index < -0.39 is 0 Å². The van der Waals surface area contributed by atoms with Crippen molar-refractivity contribution in [3.63, 3.8) is 0 Å². The Bertz CT molecular complexity index is 403. The van der Waals surface area contributed by atoms with Crippen molar-refractivity contribution >= 4 is 23.2 Å². The van der Waals surface area contributed by atoms with E-state index >= 15 is 0 Å². The van der Waals surface area contributed by atoms with Crippen LogP contribution in [0.2, 0.25) is 10.0 Å². The van der Waals surface area contributed by atoms with Crippen LogP contribution in [0.1, 0.15) is 25.3 Å². The molecular weight excluding hydrogens is 279 g/mol. The topological polar surface area (TPSA) is 15.3 Å². The molecule has 2 rings (SSSR count). The zero-order valence-corrected chi connectivity index (χ0v) is 13.0. The van der Waals surface area contributed by atoms with Crippen LogP contribution in [0.3, 0.4) is 0 Å². The molecule has 0 amide bonds. The Balaban J connectivity index is 1.72. The first-order chi connectivity index (χ1) is 9.16. The van der Waals surface area contributed by atoms with Crippen LogP contribution in [0, 0.1) is 5.92 Å². The molecule has 1 aromatic rings. The van der Waals surface area contributed by atoms with Crippen molar-refractivity contribution in [1.82, 2.24) is 10.2 Å². The lowest BCUT2D eigenvalue weighted by Gasteiger charge is -2.20. The number of hydrogen-bond acceptors (Lipinski definition) is 2. The molecule has 0 saturated carbocycles. The van der Waals surface area contributed by atoms with Gasteiger partial charge in [0.1, 0.15) is 0 Å². The molecule has 0 bridgehead atoms. The monoisotopic (exact) mass is 300 g/mol. The number of rotatable bonds is 6. The zero-order chi connectivity index (χ0) is 13.7. The molecule has 0 aromatic heterocycles. The maximum Gasteiger partial charge on any atom is 0.0637 e. The molecule has 1 aliphatic heterocycles. The Morgan fingerprint density at radius 2 is 2.00 bits per heavy atom. The minimum absolute atomic E-state index is 0.631. The molecule has 0 spiro atoms. The summed E-state index contributed by atoms with van der Waals surface area (Å²) < 4.78 is 0. The molecule has 106 valence electrons. The van der Waals surface area contributed by atoms with Gasteiger partial charge in [-0.15, -0.1) is 0 Å². The van der Waals surface area contributed by atoms with Gasteiger partial charge in [0.15, 0.2) is 0 Å². The molecule has 19 heavy (non-hydrogen) atoms. The molecule has 1 aliphatic rings. The minimum atomic E-state index is 0.631. The van der Waals surface area contributed by atoms with Crippen molar-refractivity contribution in [2.24, 2.45) is 5.92 Å². The largest absolute Gasteiger partial charge is 0.312 e. The highest BCUT2D eigenvalue weighted by Gasteiger charge is 2.14. The Labute approximate surface area is 126 Å². The van der Waals surface area contributed by atoms with Crippen LogP contribution in [0.5, 0.6) is 0 Å². The lowest BCUT2D eigenvalue weighted by Crippen LogP contribution is -2.31. The number of likely N-dealkylation sites (tertiary alicyclic amines) is 1. The summed E-state index contributed by atoms with van der Waals surface area (Å²) in [6, 6.07) is 5.79. The van der Waals surface area contributed by atoms with Crippen molar-refractivity contribution in [2.75, 3.05) is 26.2 Å². The molecule has 0 aliphatic carbocycles.